The van der Waals surface area contributed by atoms with E-state index >= 15 is 0 Å². The third kappa shape index (κ3) is 6.58. The maximum Gasteiger partial charge on any atom is 0.219 e. The SMILES string of the molecule is CC.CC.CC(=O)N1CC[C@@H](O)C1. The van der Waals surface area contributed by atoms with Crippen LogP contribution in [-0.2, 0) is 4.79 Å². The summed E-state index contributed by atoms with van der Waals surface area (Å²) in [7, 11) is 0. The number of aliphatic hydroxyl groups is 1. The number of nitrogens with zero attached hydrogens (tertiary/aromatic N) is 1. The van der Waals surface area contributed by atoms with Crippen LogP contribution in [0.3, 0.4) is 0 Å². The summed E-state index contributed by atoms with van der Waals surface area (Å²) in [5, 5.41) is 8.95. The lowest BCUT2D eigenvalue weighted by molar-refractivity contribution is -0.128. The molecule has 0 saturated carbocycles. The summed E-state index contributed by atoms with van der Waals surface area (Å²) >= 11 is 0. The smallest absolute Gasteiger partial charge is 0.219 e. The van der Waals surface area contributed by atoms with Gasteiger partial charge in [-0.15, -0.1) is 0 Å². The van der Waals surface area contributed by atoms with Gasteiger partial charge in [0, 0.05) is 20.0 Å². The van der Waals surface area contributed by atoms with Gasteiger partial charge >= 0.3 is 0 Å². The van der Waals surface area contributed by atoms with Gasteiger partial charge in [0.05, 0.1) is 6.10 Å². The van der Waals surface area contributed by atoms with Crippen molar-refractivity contribution in [1.82, 2.24) is 4.90 Å². The maximum absolute atomic E-state index is 10.6. The molecule has 1 aliphatic heterocycles. The molecule has 1 fully saturated rings. The number of carbonyl (C=O) groups is 1. The predicted molar refractivity (Wildman–Crippen MR) is 55.6 cm³/mol. The van der Waals surface area contributed by atoms with Crippen molar-refractivity contribution in [3.8, 4) is 0 Å². The largest absolute Gasteiger partial charge is 0.391 e. The predicted octanol–water partition coefficient (Wildman–Crippen LogP) is 1.65. The van der Waals surface area contributed by atoms with Gasteiger partial charge in [0.1, 0.15) is 0 Å². The van der Waals surface area contributed by atoms with Crippen molar-refractivity contribution in [2.24, 2.45) is 0 Å². The van der Waals surface area contributed by atoms with Crippen LogP contribution in [0.25, 0.3) is 0 Å². The molecule has 0 spiro atoms. The lowest BCUT2D eigenvalue weighted by Crippen LogP contribution is -2.26. The zero-order chi connectivity index (χ0) is 10.9. The molecule has 1 saturated heterocycles. The van der Waals surface area contributed by atoms with Crippen LogP contribution in [0.1, 0.15) is 41.0 Å². The van der Waals surface area contributed by atoms with Crippen molar-refractivity contribution in [2.45, 2.75) is 47.1 Å². The van der Waals surface area contributed by atoms with E-state index in [9.17, 15) is 4.79 Å². The molecule has 0 bridgehead atoms. The van der Waals surface area contributed by atoms with Crippen LogP contribution >= 0.6 is 0 Å². The molecule has 1 heterocycles. The normalized spacial score (nSPS) is 19.5. The van der Waals surface area contributed by atoms with Gasteiger partial charge in [-0.2, -0.15) is 0 Å². The molecule has 1 N–H and O–H groups in total. The van der Waals surface area contributed by atoms with Crippen molar-refractivity contribution in [2.75, 3.05) is 13.1 Å². The molecule has 0 aliphatic carbocycles. The average Bonchev–Trinajstić information content (AvgIpc) is 2.59. The molecule has 0 aromatic heterocycles. The molecule has 3 nitrogen and oxygen atoms in total. The van der Waals surface area contributed by atoms with Gasteiger partial charge < -0.3 is 10.0 Å². The lowest BCUT2D eigenvalue weighted by atomic mass is 10.3. The van der Waals surface area contributed by atoms with E-state index in [-0.39, 0.29) is 12.0 Å². The summed E-state index contributed by atoms with van der Waals surface area (Å²) in [6.45, 7) is 10.8. The number of amides is 1. The third-order valence-electron chi connectivity index (χ3n) is 1.61. The Balaban J connectivity index is 0. The minimum atomic E-state index is -0.283. The summed E-state index contributed by atoms with van der Waals surface area (Å²) in [4.78, 5) is 12.3. The van der Waals surface area contributed by atoms with Crippen LogP contribution in [0.5, 0.6) is 0 Å². The number of rotatable bonds is 0. The Hall–Kier alpha value is -0.570. The van der Waals surface area contributed by atoms with Gasteiger partial charge in [-0.05, 0) is 6.42 Å². The van der Waals surface area contributed by atoms with E-state index in [4.69, 9.17) is 5.11 Å². The minimum absolute atomic E-state index is 0.0616. The van der Waals surface area contributed by atoms with Crippen molar-refractivity contribution in [3.63, 3.8) is 0 Å². The van der Waals surface area contributed by atoms with Crippen LogP contribution in [0.4, 0.5) is 0 Å². The molecule has 1 amide bonds. The highest BCUT2D eigenvalue weighted by Gasteiger charge is 2.21. The molecule has 13 heavy (non-hydrogen) atoms. The van der Waals surface area contributed by atoms with E-state index in [0.717, 1.165) is 13.0 Å². The third-order valence-corrected chi connectivity index (χ3v) is 1.61. The van der Waals surface area contributed by atoms with E-state index in [1.165, 1.54) is 6.92 Å². The van der Waals surface area contributed by atoms with Gasteiger partial charge in [-0.1, -0.05) is 27.7 Å². The monoisotopic (exact) mass is 189 g/mol. The zero-order valence-corrected chi connectivity index (χ0v) is 9.50. The Morgan fingerprint density at radius 1 is 1.31 bits per heavy atom. The summed E-state index contributed by atoms with van der Waals surface area (Å²) in [5.74, 6) is 0.0616. The topological polar surface area (TPSA) is 40.5 Å². The summed E-state index contributed by atoms with van der Waals surface area (Å²) in [6.07, 6.45) is 0.452. The number of aliphatic hydroxyl groups excluding tert-OH is 1. The Kier molecular flexibility index (Phi) is 10.9. The molecular weight excluding hydrogens is 166 g/mol. The van der Waals surface area contributed by atoms with Gasteiger partial charge in [0.2, 0.25) is 5.91 Å². The maximum atomic E-state index is 10.6. The highest BCUT2D eigenvalue weighted by atomic mass is 16.3. The molecule has 3 heteroatoms. The van der Waals surface area contributed by atoms with Crippen LogP contribution in [0.15, 0.2) is 0 Å². The van der Waals surface area contributed by atoms with Crippen molar-refractivity contribution >= 4 is 5.91 Å². The zero-order valence-electron chi connectivity index (χ0n) is 9.50. The van der Waals surface area contributed by atoms with E-state index < -0.39 is 0 Å². The van der Waals surface area contributed by atoms with E-state index in [1.54, 1.807) is 4.90 Å². The van der Waals surface area contributed by atoms with Gasteiger partial charge in [-0.25, -0.2) is 0 Å². The van der Waals surface area contributed by atoms with E-state index in [1.807, 2.05) is 27.7 Å². The first-order chi connectivity index (χ1) is 6.20. The Labute approximate surface area is 81.7 Å². The molecule has 0 aromatic rings. The highest BCUT2D eigenvalue weighted by molar-refractivity contribution is 5.73. The summed E-state index contributed by atoms with van der Waals surface area (Å²) in [5.41, 5.74) is 0. The lowest BCUT2D eigenvalue weighted by Gasteiger charge is -2.10. The fourth-order valence-corrected chi connectivity index (χ4v) is 1.03. The molecule has 1 rings (SSSR count). The second kappa shape index (κ2) is 9.52. The highest BCUT2D eigenvalue weighted by Crippen LogP contribution is 2.07. The van der Waals surface area contributed by atoms with Crippen LogP contribution in [0.2, 0.25) is 0 Å². The minimum Gasteiger partial charge on any atom is -0.391 e. The number of β-amino-alcohol motifs (C(OH)–C–C–N with tert-alkyl or cyclic N) is 1. The van der Waals surface area contributed by atoms with E-state index in [0.29, 0.717) is 6.54 Å². The second-order valence-electron chi connectivity index (χ2n) is 2.41. The molecule has 1 aliphatic rings. The first kappa shape index (κ1) is 14.9. The van der Waals surface area contributed by atoms with Crippen LogP contribution < -0.4 is 0 Å². The van der Waals surface area contributed by atoms with Crippen LogP contribution in [-0.4, -0.2) is 35.1 Å². The average molecular weight is 189 g/mol. The van der Waals surface area contributed by atoms with E-state index in [2.05, 4.69) is 0 Å². The fraction of sp³-hybridized carbons (Fsp3) is 0.900. The summed E-state index contributed by atoms with van der Waals surface area (Å²) in [6, 6.07) is 0. The van der Waals surface area contributed by atoms with Crippen molar-refractivity contribution in [3.05, 3.63) is 0 Å². The summed E-state index contributed by atoms with van der Waals surface area (Å²) < 4.78 is 0. The van der Waals surface area contributed by atoms with Crippen LogP contribution in [0, 0.1) is 0 Å². The number of carbonyl (C=O) groups excluding carboxylic acids is 1. The van der Waals surface area contributed by atoms with Gasteiger partial charge in [0.25, 0.3) is 0 Å². The molecular formula is C10H23NO2. The first-order valence-electron chi connectivity index (χ1n) is 5.13. The Bertz CT molecular complexity index is 126. The molecule has 1 atom stereocenters. The van der Waals surface area contributed by atoms with Crippen molar-refractivity contribution in [1.29, 1.82) is 0 Å². The molecule has 0 unspecified atom stereocenters. The molecule has 80 valence electrons. The quantitative estimate of drug-likeness (QED) is 0.629. The number of likely N-dealkylation sites (tertiary alicyclic amines) is 1. The van der Waals surface area contributed by atoms with Gasteiger partial charge in [-0.3, -0.25) is 4.79 Å². The Morgan fingerprint density at radius 2 is 1.77 bits per heavy atom. The first-order valence-corrected chi connectivity index (χ1v) is 5.13. The standard InChI is InChI=1S/C6H11NO2.2C2H6/c1-5(8)7-3-2-6(9)4-7;2*1-2/h6,9H,2-4H2,1H3;2*1-2H3/t6-;;/m1../s1. The number of hydrogen-bond acceptors (Lipinski definition) is 2. The molecule has 0 radical (unpaired) electrons. The second-order valence-corrected chi connectivity index (χ2v) is 2.41. The van der Waals surface area contributed by atoms with Crippen molar-refractivity contribution < 1.29 is 9.90 Å². The number of hydrogen-bond donors (Lipinski definition) is 1. The van der Waals surface area contributed by atoms with Gasteiger partial charge in [0.15, 0.2) is 0 Å². The fourth-order valence-electron chi connectivity index (χ4n) is 1.03. The Morgan fingerprint density at radius 3 is 1.92 bits per heavy atom. The molecule has 0 aromatic carbocycles.